The van der Waals surface area contributed by atoms with Crippen LogP contribution in [0.1, 0.15) is 29.8 Å². The Morgan fingerprint density at radius 3 is 2.20 bits per heavy atom. The summed E-state index contributed by atoms with van der Waals surface area (Å²) in [5, 5.41) is 5.64. The third-order valence-electron chi connectivity index (χ3n) is 5.76. The van der Waals surface area contributed by atoms with Gasteiger partial charge in [0.2, 0.25) is 5.91 Å². The van der Waals surface area contributed by atoms with E-state index in [1.807, 2.05) is 74.2 Å². The van der Waals surface area contributed by atoms with Crippen LogP contribution >= 0.6 is 0 Å². The molecule has 1 heterocycles. The largest absolute Gasteiger partial charge is 0.368 e. The fraction of sp³-hybridized carbons (Fsp3) is 0.370. The number of rotatable bonds is 8. The number of nitrogens with zero attached hydrogens (tertiary/aromatic N) is 3. The Labute approximate surface area is 207 Å². The van der Waals surface area contributed by atoms with Gasteiger partial charge in [-0.1, -0.05) is 23.8 Å². The molecule has 2 aromatic carbocycles. The van der Waals surface area contributed by atoms with Crippen LogP contribution in [0.3, 0.4) is 0 Å². The van der Waals surface area contributed by atoms with Gasteiger partial charge in [0.1, 0.15) is 6.54 Å². The van der Waals surface area contributed by atoms with Gasteiger partial charge in [0.15, 0.2) is 0 Å². The van der Waals surface area contributed by atoms with E-state index in [2.05, 4.69) is 22.1 Å². The minimum Gasteiger partial charge on any atom is -0.368 e. The Morgan fingerprint density at radius 2 is 1.63 bits per heavy atom. The smallest absolute Gasteiger partial charge is 0.318 e. The standard InChI is InChI=1S/C27H35N5O3/c1-5-14-32(27(35)28-20(2)3)19-25(33)29-23-10-12-24(13-11-23)30-15-17-31(18-16-30)26(34)22-8-6-21(4)7-9-22/h5-13,20H,1,14-19H2,2-4H3,(H,28,35)(H,29,33). The maximum atomic E-state index is 12.7. The molecule has 8 nitrogen and oxygen atoms in total. The Morgan fingerprint density at radius 1 is 1.00 bits per heavy atom. The first-order valence-corrected chi connectivity index (χ1v) is 11.9. The highest BCUT2D eigenvalue weighted by molar-refractivity contribution is 5.95. The van der Waals surface area contributed by atoms with Crippen molar-refractivity contribution in [2.75, 3.05) is 49.5 Å². The summed E-state index contributed by atoms with van der Waals surface area (Å²) in [6.45, 7) is 12.4. The van der Waals surface area contributed by atoms with E-state index in [0.717, 1.165) is 29.9 Å². The van der Waals surface area contributed by atoms with Crippen molar-refractivity contribution in [3.8, 4) is 0 Å². The summed E-state index contributed by atoms with van der Waals surface area (Å²) in [5.74, 6) is -0.211. The summed E-state index contributed by atoms with van der Waals surface area (Å²) < 4.78 is 0. The lowest BCUT2D eigenvalue weighted by atomic mass is 10.1. The third kappa shape index (κ3) is 7.34. The van der Waals surface area contributed by atoms with Gasteiger partial charge in [0, 0.05) is 55.7 Å². The molecule has 2 N–H and O–H groups in total. The molecule has 2 aromatic rings. The van der Waals surface area contributed by atoms with Crippen LogP contribution in [0, 0.1) is 6.92 Å². The molecule has 0 unspecified atom stereocenters. The second-order valence-corrected chi connectivity index (χ2v) is 9.01. The monoisotopic (exact) mass is 477 g/mol. The molecule has 0 radical (unpaired) electrons. The first kappa shape index (κ1) is 25.8. The van der Waals surface area contributed by atoms with Gasteiger partial charge < -0.3 is 25.3 Å². The lowest BCUT2D eigenvalue weighted by Gasteiger charge is -2.36. The van der Waals surface area contributed by atoms with Crippen molar-refractivity contribution in [3.05, 3.63) is 72.3 Å². The molecule has 186 valence electrons. The third-order valence-corrected chi connectivity index (χ3v) is 5.76. The number of anilines is 2. The summed E-state index contributed by atoms with van der Waals surface area (Å²) in [6, 6.07) is 15.0. The summed E-state index contributed by atoms with van der Waals surface area (Å²) in [6.07, 6.45) is 1.59. The number of nitrogens with one attached hydrogen (secondary N) is 2. The Hall–Kier alpha value is -3.81. The zero-order valence-electron chi connectivity index (χ0n) is 20.8. The van der Waals surface area contributed by atoms with Crippen LogP contribution in [0.15, 0.2) is 61.2 Å². The van der Waals surface area contributed by atoms with Crippen LogP contribution in [-0.2, 0) is 4.79 Å². The van der Waals surface area contributed by atoms with Gasteiger partial charge in [-0.25, -0.2) is 4.79 Å². The molecular formula is C27H35N5O3. The molecule has 1 aliphatic heterocycles. The van der Waals surface area contributed by atoms with Crippen LogP contribution in [-0.4, -0.2) is 73.0 Å². The normalized spacial score (nSPS) is 13.4. The van der Waals surface area contributed by atoms with E-state index in [9.17, 15) is 14.4 Å². The maximum absolute atomic E-state index is 12.7. The predicted octanol–water partition coefficient (Wildman–Crippen LogP) is 3.50. The van der Waals surface area contributed by atoms with Crippen LogP contribution in [0.25, 0.3) is 0 Å². The molecule has 1 aliphatic rings. The van der Waals surface area contributed by atoms with Gasteiger partial charge in [-0.2, -0.15) is 0 Å². The summed E-state index contributed by atoms with van der Waals surface area (Å²) in [7, 11) is 0. The van der Waals surface area contributed by atoms with E-state index in [0.29, 0.717) is 18.8 Å². The van der Waals surface area contributed by atoms with Crippen LogP contribution in [0.5, 0.6) is 0 Å². The van der Waals surface area contributed by atoms with Crippen molar-refractivity contribution < 1.29 is 14.4 Å². The van der Waals surface area contributed by atoms with Gasteiger partial charge >= 0.3 is 6.03 Å². The number of carbonyl (C=O) groups excluding carboxylic acids is 3. The number of urea groups is 1. The molecule has 1 fully saturated rings. The van der Waals surface area contributed by atoms with E-state index in [1.165, 1.54) is 4.90 Å². The van der Waals surface area contributed by atoms with Crippen molar-refractivity contribution in [2.45, 2.75) is 26.8 Å². The summed E-state index contributed by atoms with van der Waals surface area (Å²) in [4.78, 5) is 43.0. The van der Waals surface area contributed by atoms with Gasteiger partial charge in [0.05, 0.1) is 0 Å². The Bertz CT molecular complexity index is 1030. The fourth-order valence-electron chi connectivity index (χ4n) is 3.89. The van der Waals surface area contributed by atoms with E-state index < -0.39 is 0 Å². The molecule has 0 aromatic heterocycles. The Kier molecular flexibility index (Phi) is 8.89. The highest BCUT2D eigenvalue weighted by atomic mass is 16.2. The van der Waals surface area contributed by atoms with Crippen molar-refractivity contribution in [2.24, 2.45) is 0 Å². The molecule has 0 saturated carbocycles. The number of benzene rings is 2. The van der Waals surface area contributed by atoms with Crippen LogP contribution in [0.2, 0.25) is 0 Å². The molecule has 8 heteroatoms. The van der Waals surface area contributed by atoms with E-state index in [1.54, 1.807) is 6.08 Å². The zero-order chi connectivity index (χ0) is 25.4. The van der Waals surface area contributed by atoms with Crippen molar-refractivity contribution in [3.63, 3.8) is 0 Å². The van der Waals surface area contributed by atoms with E-state index >= 15 is 0 Å². The highest BCUT2D eigenvalue weighted by Gasteiger charge is 2.22. The molecular weight excluding hydrogens is 442 g/mol. The van der Waals surface area contributed by atoms with Gasteiger partial charge in [-0.15, -0.1) is 6.58 Å². The molecule has 1 saturated heterocycles. The first-order valence-electron chi connectivity index (χ1n) is 11.9. The van der Waals surface area contributed by atoms with Crippen LogP contribution in [0.4, 0.5) is 16.2 Å². The number of hydrogen-bond acceptors (Lipinski definition) is 4. The highest BCUT2D eigenvalue weighted by Crippen LogP contribution is 2.20. The first-order chi connectivity index (χ1) is 16.8. The van der Waals surface area contributed by atoms with E-state index in [-0.39, 0.29) is 37.0 Å². The van der Waals surface area contributed by atoms with Crippen LogP contribution < -0.4 is 15.5 Å². The second-order valence-electron chi connectivity index (χ2n) is 9.01. The topological polar surface area (TPSA) is 85.0 Å². The number of hydrogen-bond donors (Lipinski definition) is 2. The minimum absolute atomic E-state index is 0.0204. The SMILES string of the molecule is C=CCN(CC(=O)Nc1ccc(N2CCN(C(=O)c3ccc(C)cc3)CC2)cc1)C(=O)NC(C)C. The quantitative estimate of drug-likeness (QED) is 0.570. The average molecular weight is 478 g/mol. The van der Waals surface area contributed by atoms with Gasteiger partial charge in [0.25, 0.3) is 5.91 Å². The average Bonchev–Trinajstić information content (AvgIpc) is 2.84. The number of amides is 4. The van der Waals surface area contributed by atoms with Gasteiger partial charge in [-0.3, -0.25) is 9.59 Å². The molecule has 0 spiro atoms. The van der Waals surface area contributed by atoms with Crippen molar-refractivity contribution in [1.82, 2.24) is 15.1 Å². The molecule has 3 rings (SSSR count). The lowest BCUT2D eigenvalue weighted by molar-refractivity contribution is -0.116. The number of piperazine rings is 1. The molecule has 0 bridgehead atoms. The zero-order valence-corrected chi connectivity index (χ0v) is 20.8. The van der Waals surface area contributed by atoms with Crippen molar-refractivity contribution >= 4 is 29.2 Å². The maximum Gasteiger partial charge on any atom is 0.318 e. The molecule has 35 heavy (non-hydrogen) atoms. The number of aryl methyl sites for hydroxylation is 1. The molecule has 4 amide bonds. The fourth-order valence-corrected chi connectivity index (χ4v) is 3.89. The lowest BCUT2D eigenvalue weighted by Crippen LogP contribution is -2.48. The second kappa shape index (κ2) is 12.1. The molecule has 0 atom stereocenters. The summed E-state index contributed by atoms with van der Waals surface area (Å²) in [5.41, 5.74) is 3.55. The minimum atomic E-state index is -0.301. The van der Waals surface area contributed by atoms with Crippen molar-refractivity contribution in [1.29, 1.82) is 0 Å². The predicted molar refractivity (Wildman–Crippen MR) is 140 cm³/mol. The van der Waals surface area contributed by atoms with E-state index in [4.69, 9.17) is 0 Å². The summed E-state index contributed by atoms with van der Waals surface area (Å²) >= 11 is 0. The molecule has 0 aliphatic carbocycles. The van der Waals surface area contributed by atoms with Gasteiger partial charge in [-0.05, 0) is 57.2 Å². The Balaban J connectivity index is 1.51. The number of carbonyl (C=O) groups is 3.